The van der Waals surface area contributed by atoms with Crippen molar-refractivity contribution in [3.05, 3.63) is 555 Å². The van der Waals surface area contributed by atoms with Crippen LogP contribution < -0.4 is 0 Å². The van der Waals surface area contributed by atoms with Gasteiger partial charge in [0.05, 0.1) is 0 Å². The fraction of sp³-hybridized carbons (Fsp3) is 0.0417. The molecule has 0 aliphatic carbocycles. The van der Waals surface area contributed by atoms with Gasteiger partial charge in [-0.2, -0.15) is 0 Å². The third-order valence-corrected chi connectivity index (χ3v) is 36.5. The van der Waals surface area contributed by atoms with Crippen LogP contribution in [-0.4, -0.2) is 0 Å². The van der Waals surface area contributed by atoms with E-state index in [9.17, 15) is 0 Å². The quantitative estimate of drug-likeness (QED) is 0.121. The van der Waals surface area contributed by atoms with E-state index in [0.717, 1.165) is 0 Å². The van der Waals surface area contributed by atoms with Gasteiger partial charge in [-0.3, -0.25) is 0 Å². The molecule has 6 heteroatoms. The second-order valence-electron chi connectivity index (χ2n) is 38.6. The summed E-state index contributed by atoms with van der Waals surface area (Å²) in [5.41, 5.74) is 36.4. The van der Waals surface area contributed by atoms with Crippen LogP contribution in [0, 0.1) is 41.5 Å². The predicted molar refractivity (Wildman–Crippen MR) is 664 cm³/mol. The van der Waals surface area contributed by atoms with Crippen LogP contribution in [0.15, 0.2) is 522 Å². The highest BCUT2D eigenvalue weighted by Gasteiger charge is 2.22. The van der Waals surface area contributed by atoms with Crippen LogP contribution in [0.2, 0.25) is 0 Å². The molecule has 0 atom stereocenters. The van der Waals surface area contributed by atoms with Crippen LogP contribution in [-0.2, 0) is 0 Å². The first-order chi connectivity index (χ1) is 73.9. The molecule has 0 fully saturated rings. The Kier molecular flexibility index (Phi) is 27.2. The lowest BCUT2D eigenvalue weighted by Gasteiger charge is -2.06. The van der Waals surface area contributed by atoms with Crippen molar-refractivity contribution in [2.24, 2.45) is 0 Å². The molecule has 23 aromatic carbocycles. The van der Waals surface area contributed by atoms with Gasteiger partial charge in [0.1, 0.15) is 0 Å². The average molecular weight is 2030 g/mol. The Bertz CT molecular complexity index is 9970. The van der Waals surface area contributed by atoms with Crippen LogP contribution in [0.3, 0.4) is 0 Å². The maximum absolute atomic E-state index is 2.28. The summed E-state index contributed by atoms with van der Waals surface area (Å²) in [5.74, 6) is 0. The van der Waals surface area contributed by atoms with Gasteiger partial charge in [0.2, 0.25) is 0 Å². The summed E-state index contributed by atoms with van der Waals surface area (Å²) in [6.07, 6.45) is 0. The second kappa shape index (κ2) is 42.7. The molecule has 6 heterocycles. The minimum absolute atomic E-state index is 1.25. The van der Waals surface area contributed by atoms with E-state index < -0.39 is 0 Å². The van der Waals surface area contributed by atoms with E-state index in [1.165, 1.54) is 277 Å². The monoisotopic (exact) mass is 2020 g/mol. The summed E-state index contributed by atoms with van der Waals surface area (Å²) in [6, 6.07) is 188. The summed E-state index contributed by atoms with van der Waals surface area (Å²) in [4.78, 5) is 0. The van der Waals surface area contributed by atoms with Crippen LogP contribution in [0.4, 0.5) is 0 Å². The lowest BCUT2D eigenvalue weighted by molar-refractivity contribution is 1.47. The molecule has 150 heavy (non-hydrogen) atoms. The molecular weight excluding hydrogens is 1920 g/mol. The Labute approximate surface area is 900 Å². The first-order valence-corrected chi connectivity index (χ1v) is 56.1. The van der Waals surface area contributed by atoms with Crippen LogP contribution in [0.25, 0.3) is 243 Å². The van der Waals surface area contributed by atoms with Crippen molar-refractivity contribution in [2.75, 3.05) is 0 Å². The highest BCUT2D eigenvalue weighted by Crippen LogP contribution is 2.51. The number of thiophene rings is 6. The minimum atomic E-state index is 1.25. The van der Waals surface area contributed by atoms with Crippen molar-refractivity contribution < 1.29 is 0 Å². The zero-order chi connectivity index (χ0) is 101. The first kappa shape index (κ1) is 95.6. The fourth-order valence-electron chi connectivity index (χ4n) is 21.1. The maximum atomic E-state index is 2.28. The summed E-state index contributed by atoms with van der Waals surface area (Å²) in [6.45, 7) is 13.0. The lowest BCUT2D eigenvalue weighted by Crippen LogP contribution is -1.80. The number of aryl methyl sites for hydroxylation is 6. The van der Waals surface area contributed by atoms with Crippen LogP contribution in [0.5, 0.6) is 0 Å². The van der Waals surface area contributed by atoms with Gasteiger partial charge in [-0.05, 0) is 181 Å². The molecule has 6 aromatic heterocycles. The second-order valence-corrected chi connectivity index (χ2v) is 44.8. The molecule has 0 amide bonds. The maximum Gasteiger partial charge on any atom is 0.0434 e. The summed E-state index contributed by atoms with van der Waals surface area (Å²) >= 11 is 11.4. The van der Waals surface area contributed by atoms with Crippen molar-refractivity contribution in [1.29, 1.82) is 0 Å². The molecule has 0 aliphatic rings. The van der Waals surface area contributed by atoms with Crippen molar-refractivity contribution >= 4 is 189 Å². The molecule has 0 saturated carbocycles. The molecule has 0 saturated heterocycles. The fourth-order valence-corrected chi connectivity index (χ4v) is 29.1. The molecule has 0 spiro atoms. The van der Waals surface area contributed by atoms with Gasteiger partial charge in [-0.1, -0.05) is 538 Å². The van der Waals surface area contributed by atoms with Crippen molar-refractivity contribution in [3.63, 3.8) is 0 Å². The SMILES string of the molecule is Cc1ccc(-c2cccc3c2sc2c(-c4ccccc4)cccc23)cc1.Cc1cccc(-c2cccc3c2sc2c(-c4ccc(-c5ccccc5)cc4)cccc23)c1.Cc1cccc(-c2cccc3c2sc2c(-c4ccccc4)cccc23)c1.Cc1cccc(-c2cccc3c2sc2ccccc23)c1.Cc1cccc2c1sc1c(-c3ccc(-c4ccccc4)cc3)cccc12.Cc1cccc2c1sc1c(-c3ccccc3)cccc12. The molecular formula is C144H104S6. The Morgan fingerprint density at radius 3 is 0.553 bits per heavy atom. The van der Waals surface area contributed by atoms with E-state index >= 15 is 0 Å². The Hall–Kier alpha value is -16.6. The van der Waals surface area contributed by atoms with Crippen molar-refractivity contribution in [1.82, 2.24) is 0 Å². The van der Waals surface area contributed by atoms with E-state index in [0.29, 0.717) is 0 Å². The zero-order valence-corrected chi connectivity index (χ0v) is 89.0. The number of benzene rings is 23. The van der Waals surface area contributed by atoms with E-state index in [1.54, 1.807) is 0 Å². The lowest BCUT2D eigenvalue weighted by atomic mass is 9.98. The average Bonchev–Trinajstić information content (AvgIpc) is 1.62. The first-order valence-electron chi connectivity index (χ1n) is 51.2. The van der Waals surface area contributed by atoms with Gasteiger partial charge in [0.15, 0.2) is 0 Å². The largest absolute Gasteiger partial charge is 0.135 e. The van der Waals surface area contributed by atoms with E-state index in [-0.39, 0.29) is 0 Å². The van der Waals surface area contributed by atoms with Gasteiger partial charge in [0.25, 0.3) is 0 Å². The van der Waals surface area contributed by atoms with Crippen molar-refractivity contribution in [3.8, 4) is 122 Å². The third kappa shape index (κ3) is 19.3. The Morgan fingerprint density at radius 2 is 0.280 bits per heavy atom. The highest BCUT2D eigenvalue weighted by atomic mass is 32.1. The third-order valence-electron chi connectivity index (χ3n) is 28.6. The predicted octanol–water partition coefficient (Wildman–Crippen LogP) is 44.5. The number of hydrogen-bond acceptors (Lipinski definition) is 6. The van der Waals surface area contributed by atoms with Gasteiger partial charge in [-0.25, -0.2) is 0 Å². The van der Waals surface area contributed by atoms with Gasteiger partial charge in [-0.15, -0.1) is 68.0 Å². The van der Waals surface area contributed by atoms with Crippen molar-refractivity contribution in [2.45, 2.75) is 41.5 Å². The topological polar surface area (TPSA) is 0 Å². The standard InChI is InChI=1S/C31H22S.3C25H18S.2C19H14S/c1-21-8-5-11-25(20-21)27-13-7-15-29-28-14-6-12-26(30(28)32-31(27)29)24-18-16-23(17-19-24)22-9-3-2-4-10-22;1-17-8-5-11-19(16-17)21-13-7-15-23-22-14-6-12-20(24(22)26-25(21)23)18-9-3-2-4-10-18;1-17-7-5-11-22-23-12-6-10-21(25(23)26-24(17)22)20-15-13-19(14-16-20)18-8-3-2-4-9-18;1-17-13-15-19(16-14-17)21-10-6-12-23-22-11-5-9-20(24(22)26-25(21)23)18-7-3-2-4-8-18;1-13-6-4-7-14(12-13)15-9-5-10-17-16-8-2-3-11-18(16)20-19(15)17;1-13-7-5-11-16-17-12-6-10-15(19(17)20-18(13)16)14-8-3-2-4-9-14/h2-20H,1H3;3*2-16H,1H3;2*2-12H,1H3. The summed E-state index contributed by atoms with van der Waals surface area (Å²) < 4.78 is 16.5. The zero-order valence-electron chi connectivity index (χ0n) is 84.1. The molecule has 0 bridgehead atoms. The van der Waals surface area contributed by atoms with E-state index in [2.05, 4.69) is 563 Å². The molecule has 0 radical (unpaired) electrons. The van der Waals surface area contributed by atoms with Gasteiger partial charge >= 0.3 is 0 Å². The normalized spacial score (nSPS) is 11.3. The Morgan fingerprint density at radius 1 is 0.107 bits per heavy atom. The number of rotatable bonds is 11. The van der Waals surface area contributed by atoms with E-state index in [4.69, 9.17) is 0 Å². The smallest absolute Gasteiger partial charge is 0.0434 e. The van der Waals surface area contributed by atoms with Crippen LogP contribution in [0.1, 0.15) is 33.4 Å². The molecule has 29 rings (SSSR count). The van der Waals surface area contributed by atoms with Gasteiger partial charge in [0, 0.05) is 121 Å². The van der Waals surface area contributed by atoms with Crippen LogP contribution >= 0.6 is 68.0 Å². The molecule has 0 N–H and O–H groups in total. The number of hydrogen-bond donors (Lipinski definition) is 0. The highest BCUT2D eigenvalue weighted by molar-refractivity contribution is 7.29. The molecule has 0 aliphatic heterocycles. The summed E-state index contributed by atoms with van der Waals surface area (Å²) in [5, 5.41) is 16.3. The molecule has 0 nitrogen and oxygen atoms in total. The molecule has 716 valence electrons. The molecule has 29 aromatic rings. The Balaban J connectivity index is 0.0000000964. The van der Waals surface area contributed by atoms with Gasteiger partial charge < -0.3 is 0 Å². The number of fused-ring (bicyclic) bond motifs is 18. The molecule has 0 unspecified atom stereocenters. The minimum Gasteiger partial charge on any atom is -0.135 e. The summed E-state index contributed by atoms with van der Waals surface area (Å²) in [7, 11) is 0. The van der Waals surface area contributed by atoms with E-state index in [1.807, 2.05) is 68.0 Å².